The molecule has 0 amide bonds. The Bertz CT molecular complexity index is 920. The Labute approximate surface area is 132 Å². The molecule has 0 bridgehead atoms. The Morgan fingerprint density at radius 1 is 1.22 bits per heavy atom. The number of para-hydroxylation sites is 1. The van der Waals surface area contributed by atoms with Crippen molar-refractivity contribution in [3.05, 3.63) is 63.3 Å². The first-order valence-electron chi connectivity index (χ1n) is 7.31. The maximum atomic E-state index is 14.2. The number of nitrogens with zero attached hydrogens (tertiary/aromatic N) is 2. The van der Waals surface area contributed by atoms with Crippen molar-refractivity contribution in [3.63, 3.8) is 0 Å². The maximum absolute atomic E-state index is 14.2. The van der Waals surface area contributed by atoms with Crippen LogP contribution in [0.2, 0.25) is 0 Å². The van der Waals surface area contributed by atoms with E-state index in [0.29, 0.717) is 24.1 Å². The minimum absolute atomic E-state index is 0.0661. The zero-order valence-corrected chi connectivity index (χ0v) is 12.9. The van der Waals surface area contributed by atoms with Gasteiger partial charge in [-0.25, -0.2) is 4.39 Å². The van der Waals surface area contributed by atoms with Gasteiger partial charge in [0.2, 0.25) is 0 Å². The fourth-order valence-electron chi connectivity index (χ4n) is 3.08. The fraction of sp³-hybridized carbons (Fsp3) is 0.278. The van der Waals surface area contributed by atoms with E-state index in [0.717, 1.165) is 0 Å². The number of carbonyl (C=O) groups excluding carboxylic acids is 1. The fourth-order valence-corrected chi connectivity index (χ4v) is 3.08. The lowest BCUT2D eigenvalue weighted by atomic mass is 9.75. The van der Waals surface area contributed by atoms with Gasteiger partial charge in [0.15, 0.2) is 5.78 Å². The van der Waals surface area contributed by atoms with Gasteiger partial charge in [-0.05, 0) is 30.0 Å². The van der Waals surface area contributed by atoms with Crippen molar-refractivity contribution >= 4 is 5.78 Å². The molecule has 2 aromatic rings. The average Bonchev–Trinajstić information content (AvgIpc) is 2.47. The Morgan fingerprint density at radius 3 is 2.57 bits per heavy atom. The van der Waals surface area contributed by atoms with E-state index in [2.05, 4.69) is 0 Å². The monoisotopic (exact) mass is 310 g/mol. The number of ketones is 1. The maximum Gasteiger partial charge on any atom is 0.273 e. The van der Waals surface area contributed by atoms with E-state index in [9.17, 15) is 19.2 Å². The molecule has 0 atom stereocenters. The number of carbonyl (C=O) groups is 1. The second-order valence-corrected chi connectivity index (χ2v) is 6.56. The highest BCUT2D eigenvalue weighted by Crippen LogP contribution is 2.35. The molecular formula is C18H15FN2O2. The Morgan fingerprint density at radius 2 is 1.91 bits per heavy atom. The van der Waals surface area contributed by atoms with E-state index in [1.54, 1.807) is 6.07 Å². The highest BCUT2D eigenvalue weighted by atomic mass is 19.1. The number of nitriles is 1. The van der Waals surface area contributed by atoms with Gasteiger partial charge >= 0.3 is 0 Å². The molecular weight excluding hydrogens is 295 g/mol. The molecule has 0 unspecified atom stereocenters. The molecule has 0 saturated carbocycles. The van der Waals surface area contributed by atoms with Gasteiger partial charge in [-0.15, -0.1) is 0 Å². The number of pyridine rings is 1. The van der Waals surface area contributed by atoms with Crippen LogP contribution >= 0.6 is 0 Å². The molecule has 1 heterocycles. The first kappa shape index (κ1) is 15.2. The van der Waals surface area contributed by atoms with E-state index < -0.39 is 11.4 Å². The topological polar surface area (TPSA) is 62.9 Å². The van der Waals surface area contributed by atoms with Gasteiger partial charge in [0.05, 0.1) is 5.69 Å². The van der Waals surface area contributed by atoms with Crippen LogP contribution in [0.1, 0.15) is 41.9 Å². The first-order chi connectivity index (χ1) is 10.8. The number of aromatic nitrogens is 1. The molecule has 116 valence electrons. The summed E-state index contributed by atoms with van der Waals surface area (Å²) in [5.41, 5.74) is -0.195. The molecule has 4 nitrogen and oxygen atoms in total. The minimum atomic E-state index is -0.596. The van der Waals surface area contributed by atoms with E-state index in [4.69, 9.17) is 0 Å². The van der Waals surface area contributed by atoms with E-state index in [-0.39, 0.29) is 22.4 Å². The first-order valence-corrected chi connectivity index (χ1v) is 7.31. The molecule has 0 spiro atoms. The van der Waals surface area contributed by atoms with Crippen molar-refractivity contribution in [1.82, 2.24) is 4.57 Å². The van der Waals surface area contributed by atoms with Crippen LogP contribution in [-0.2, 0) is 6.42 Å². The highest BCUT2D eigenvalue weighted by molar-refractivity contribution is 5.99. The molecule has 0 radical (unpaired) electrons. The van der Waals surface area contributed by atoms with Crippen molar-refractivity contribution in [2.45, 2.75) is 26.7 Å². The Kier molecular flexibility index (Phi) is 3.41. The second kappa shape index (κ2) is 5.17. The number of rotatable bonds is 1. The molecule has 1 aliphatic carbocycles. The molecule has 1 aliphatic rings. The van der Waals surface area contributed by atoms with Gasteiger partial charge in [0, 0.05) is 17.7 Å². The van der Waals surface area contributed by atoms with Crippen molar-refractivity contribution in [2.24, 2.45) is 5.41 Å². The SMILES string of the molecule is CC1(C)CC(=O)c2cc(C#N)c(=O)n(-c3ccccc3F)c2C1. The van der Waals surface area contributed by atoms with Crippen LogP contribution in [0.4, 0.5) is 4.39 Å². The average molecular weight is 310 g/mol. The van der Waals surface area contributed by atoms with Crippen LogP contribution in [-0.4, -0.2) is 10.4 Å². The summed E-state index contributed by atoms with van der Waals surface area (Å²) in [7, 11) is 0. The van der Waals surface area contributed by atoms with Crippen LogP contribution in [0, 0.1) is 22.6 Å². The van der Waals surface area contributed by atoms with Crippen molar-refractivity contribution < 1.29 is 9.18 Å². The lowest BCUT2D eigenvalue weighted by Crippen LogP contribution is -2.35. The van der Waals surface area contributed by atoms with Gasteiger partial charge < -0.3 is 0 Å². The van der Waals surface area contributed by atoms with E-state index in [1.165, 1.54) is 28.8 Å². The van der Waals surface area contributed by atoms with Crippen molar-refractivity contribution in [3.8, 4) is 11.8 Å². The summed E-state index contributed by atoms with van der Waals surface area (Å²) in [6.07, 6.45) is 0.795. The summed E-state index contributed by atoms with van der Waals surface area (Å²) in [6, 6.07) is 9.02. The quantitative estimate of drug-likeness (QED) is 0.813. The molecule has 5 heteroatoms. The molecule has 0 aliphatic heterocycles. The Hall–Kier alpha value is -2.74. The van der Waals surface area contributed by atoms with Crippen LogP contribution in [0.25, 0.3) is 5.69 Å². The summed E-state index contributed by atoms with van der Waals surface area (Å²) < 4.78 is 15.4. The lowest BCUT2D eigenvalue weighted by molar-refractivity contribution is 0.0908. The molecule has 3 rings (SSSR count). The second-order valence-electron chi connectivity index (χ2n) is 6.56. The van der Waals surface area contributed by atoms with E-state index >= 15 is 0 Å². The van der Waals surface area contributed by atoms with Crippen LogP contribution < -0.4 is 5.56 Å². The third kappa shape index (κ3) is 2.46. The zero-order valence-electron chi connectivity index (χ0n) is 12.9. The zero-order chi connectivity index (χ0) is 16.8. The minimum Gasteiger partial charge on any atom is -0.294 e. The van der Waals surface area contributed by atoms with Gasteiger partial charge in [-0.1, -0.05) is 26.0 Å². The number of fused-ring (bicyclic) bond motifs is 1. The standard InChI is InChI=1S/C18H15FN2O2/c1-18(2)8-15-12(16(22)9-18)7-11(10-20)17(23)21(15)14-6-4-3-5-13(14)19/h3-7H,8-9H2,1-2H3. The molecule has 23 heavy (non-hydrogen) atoms. The van der Waals surface area contributed by atoms with Crippen molar-refractivity contribution in [1.29, 1.82) is 5.26 Å². The predicted octanol–water partition coefficient (Wildman–Crippen LogP) is 3.00. The normalized spacial score (nSPS) is 15.8. The largest absolute Gasteiger partial charge is 0.294 e. The summed E-state index contributed by atoms with van der Waals surface area (Å²) in [6.45, 7) is 3.87. The molecule has 0 fully saturated rings. The van der Waals surface area contributed by atoms with Gasteiger partial charge in [0.1, 0.15) is 17.4 Å². The summed E-state index contributed by atoms with van der Waals surface area (Å²) >= 11 is 0. The predicted molar refractivity (Wildman–Crippen MR) is 83.1 cm³/mol. The number of benzene rings is 1. The molecule has 1 aromatic heterocycles. The van der Waals surface area contributed by atoms with Gasteiger partial charge in [-0.3, -0.25) is 14.2 Å². The number of Topliss-reactive ketones (excluding diaryl/α,β-unsaturated/α-hetero) is 1. The summed E-state index contributed by atoms with van der Waals surface area (Å²) in [4.78, 5) is 25.0. The third-order valence-corrected chi connectivity index (χ3v) is 4.10. The van der Waals surface area contributed by atoms with E-state index in [1.807, 2.05) is 19.9 Å². The number of halogens is 1. The summed E-state index contributed by atoms with van der Waals surface area (Å²) in [5.74, 6) is -0.694. The number of hydrogen-bond donors (Lipinski definition) is 0. The summed E-state index contributed by atoms with van der Waals surface area (Å²) in [5, 5.41) is 9.18. The van der Waals surface area contributed by atoms with Crippen LogP contribution in [0.3, 0.4) is 0 Å². The molecule has 0 saturated heterocycles. The third-order valence-electron chi connectivity index (χ3n) is 4.10. The van der Waals surface area contributed by atoms with Crippen LogP contribution in [0.15, 0.2) is 35.1 Å². The van der Waals surface area contributed by atoms with Gasteiger partial charge in [-0.2, -0.15) is 5.26 Å². The van der Waals surface area contributed by atoms with Crippen LogP contribution in [0.5, 0.6) is 0 Å². The molecule has 0 N–H and O–H groups in total. The smallest absolute Gasteiger partial charge is 0.273 e. The Balaban J connectivity index is 2.42. The van der Waals surface area contributed by atoms with Crippen molar-refractivity contribution in [2.75, 3.05) is 0 Å². The highest BCUT2D eigenvalue weighted by Gasteiger charge is 2.34. The molecule has 1 aromatic carbocycles. The lowest BCUT2D eigenvalue weighted by Gasteiger charge is -2.32. The van der Waals surface area contributed by atoms with Gasteiger partial charge in [0.25, 0.3) is 5.56 Å². The number of hydrogen-bond acceptors (Lipinski definition) is 3.